The number of pyridine rings is 1. The highest BCUT2D eigenvalue weighted by Crippen LogP contribution is 2.59. The first-order valence-electron chi connectivity index (χ1n) is 13.7. The highest BCUT2D eigenvalue weighted by atomic mass is 16.2. The van der Waals surface area contributed by atoms with Crippen molar-refractivity contribution in [3.05, 3.63) is 35.7 Å². The van der Waals surface area contributed by atoms with Crippen molar-refractivity contribution in [2.45, 2.75) is 77.3 Å². The van der Waals surface area contributed by atoms with Crippen LogP contribution in [-0.2, 0) is 0 Å². The van der Waals surface area contributed by atoms with Crippen LogP contribution in [0.1, 0.15) is 86.1 Å². The maximum atomic E-state index is 13.3. The second kappa shape index (κ2) is 8.91. The van der Waals surface area contributed by atoms with Crippen LogP contribution in [0.3, 0.4) is 0 Å². The van der Waals surface area contributed by atoms with Crippen molar-refractivity contribution in [2.75, 3.05) is 19.6 Å². The molecule has 4 fully saturated rings. The Morgan fingerprint density at radius 1 is 1.17 bits per heavy atom. The van der Waals surface area contributed by atoms with Crippen molar-refractivity contribution in [2.24, 2.45) is 23.2 Å². The first-order valence-corrected chi connectivity index (χ1v) is 13.7. The molecule has 3 bridgehead atoms. The lowest BCUT2D eigenvalue weighted by atomic mass is 9.69. The summed E-state index contributed by atoms with van der Waals surface area (Å²) in [5.74, 6) is 2.49. The summed E-state index contributed by atoms with van der Waals surface area (Å²) in [5, 5.41) is 11.4. The minimum atomic E-state index is -0.0576. The Bertz CT molecular complexity index is 1120. The molecule has 4 aliphatic rings. The van der Waals surface area contributed by atoms with E-state index in [1.54, 1.807) is 10.6 Å². The van der Waals surface area contributed by atoms with Gasteiger partial charge in [0, 0.05) is 37.9 Å². The molecule has 2 N–H and O–H groups in total. The van der Waals surface area contributed by atoms with E-state index >= 15 is 0 Å². The van der Waals surface area contributed by atoms with E-state index in [1.807, 2.05) is 23.2 Å². The number of likely N-dealkylation sites (tertiary alicyclic amines) is 1. The van der Waals surface area contributed by atoms with Crippen LogP contribution in [0.15, 0.2) is 24.4 Å². The maximum Gasteiger partial charge on any atom is 0.274 e. The summed E-state index contributed by atoms with van der Waals surface area (Å²) in [6.07, 6.45) is 12.2. The Labute approximate surface area is 208 Å². The number of carbonyl (C=O) groups excluding carboxylic acids is 2. The zero-order valence-corrected chi connectivity index (χ0v) is 21.1. The van der Waals surface area contributed by atoms with Crippen molar-refractivity contribution in [1.82, 2.24) is 25.1 Å². The number of nitrogens with zero attached hydrogens (tertiary/aromatic N) is 3. The first-order chi connectivity index (χ1) is 16.9. The van der Waals surface area contributed by atoms with Crippen molar-refractivity contribution in [3.8, 4) is 0 Å². The second-order valence-corrected chi connectivity index (χ2v) is 12.2. The molecule has 188 valence electrons. The lowest BCUT2D eigenvalue weighted by Gasteiger charge is -2.38. The van der Waals surface area contributed by atoms with Crippen molar-refractivity contribution < 1.29 is 9.59 Å². The molecule has 3 aliphatic carbocycles. The lowest BCUT2D eigenvalue weighted by molar-refractivity contribution is 0.0782. The molecular weight excluding hydrogens is 438 g/mol. The summed E-state index contributed by atoms with van der Waals surface area (Å²) in [6.45, 7) is 6.46. The molecule has 3 saturated carbocycles. The van der Waals surface area contributed by atoms with Gasteiger partial charge >= 0.3 is 0 Å². The molecule has 7 heteroatoms. The van der Waals surface area contributed by atoms with Gasteiger partial charge in [-0.2, -0.15) is 5.10 Å². The summed E-state index contributed by atoms with van der Waals surface area (Å²) in [6, 6.07) is 6.20. The van der Waals surface area contributed by atoms with Gasteiger partial charge in [0.1, 0.15) is 0 Å². The van der Waals surface area contributed by atoms with E-state index < -0.39 is 0 Å². The average molecular weight is 478 g/mol. The largest absolute Gasteiger partial charge is 0.351 e. The van der Waals surface area contributed by atoms with Crippen LogP contribution in [0.2, 0.25) is 0 Å². The van der Waals surface area contributed by atoms with Crippen LogP contribution >= 0.6 is 0 Å². The van der Waals surface area contributed by atoms with Gasteiger partial charge in [-0.25, -0.2) is 4.52 Å². The number of nitrogens with one attached hydrogen (secondary N) is 2. The molecule has 2 amide bonds. The predicted octanol–water partition coefficient (Wildman–Crippen LogP) is 3.88. The molecule has 7 nitrogen and oxygen atoms in total. The first kappa shape index (κ1) is 23.0. The average Bonchev–Trinajstić information content (AvgIpc) is 3.50. The molecule has 2 aromatic rings. The molecule has 0 spiro atoms. The van der Waals surface area contributed by atoms with Crippen LogP contribution in [0.5, 0.6) is 0 Å². The zero-order valence-electron chi connectivity index (χ0n) is 21.1. The molecule has 0 radical (unpaired) electrons. The van der Waals surface area contributed by atoms with E-state index in [4.69, 9.17) is 0 Å². The van der Waals surface area contributed by atoms with Gasteiger partial charge < -0.3 is 15.5 Å². The molecule has 4 unspecified atom stereocenters. The molecule has 5 atom stereocenters. The van der Waals surface area contributed by atoms with Crippen LogP contribution in [-0.4, -0.2) is 58.0 Å². The van der Waals surface area contributed by atoms with Gasteiger partial charge in [-0.1, -0.05) is 33.1 Å². The number of rotatable bonds is 6. The molecule has 2 aromatic heterocycles. The Balaban J connectivity index is 1.15. The van der Waals surface area contributed by atoms with E-state index in [0.717, 1.165) is 37.3 Å². The van der Waals surface area contributed by atoms with Gasteiger partial charge in [0.15, 0.2) is 5.69 Å². The second-order valence-electron chi connectivity index (χ2n) is 12.2. The summed E-state index contributed by atoms with van der Waals surface area (Å²) in [7, 11) is 0. The van der Waals surface area contributed by atoms with E-state index in [0.29, 0.717) is 35.4 Å². The highest BCUT2D eigenvalue weighted by Gasteiger charge is 2.51. The molecule has 1 saturated heterocycles. The summed E-state index contributed by atoms with van der Waals surface area (Å²) < 4.78 is 1.68. The Morgan fingerprint density at radius 2 is 2.03 bits per heavy atom. The van der Waals surface area contributed by atoms with Crippen LogP contribution in [0.4, 0.5) is 0 Å². The molecule has 1 aliphatic heterocycles. The number of fused-ring (bicyclic) bond motifs is 3. The smallest absolute Gasteiger partial charge is 0.274 e. The van der Waals surface area contributed by atoms with Gasteiger partial charge in [0.25, 0.3) is 11.8 Å². The number of carbonyl (C=O) groups is 2. The summed E-state index contributed by atoms with van der Waals surface area (Å²) in [4.78, 5) is 28.4. The highest BCUT2D eigenvalue weighted by molar-refractivity contribution is 6.02. The van der Waals surface area contributed by atoms with E-state index in [2.05, 4.69) is 29.6 Å². The fourth-order valence-electron chi connectivity index (χ4n) is 7.93. The van der Waals surface area contributed by atoms with Crippen molar-refractivity contribution in [1.29, 1.82) is 0 Å². The fourth-order valence-corrected chi connectivity index (χ4v) is 7.93. The monoisotopic (exact) mass is 477 g/mol. The lowest BCUT2D eigenvalue weighted by Crippen LogP contribution is -2.39. The van der Waals surface area contributed by atoms with E-state index in [-0.39, 0.29) is 17.2 Å². The van der Waals surface area contributed by atoms with Crippen LogP contribution in [0.25, 0.3) is 5.52 Å². The molecule has 3 heterocycles. The standard InChI is InChI=1S/C28H39N5O2/c1-18(2)30-22-8-10-32(16-22)27(35)24-12-25-23(7-4-9-33(25)31-24)26(34)29-17-28-13-19-5-3-6-20(14-28)21(11-19)15-28/h4,7,9,12,18-22,30H,3,5-6,8,10-11,13-17H2,1-2H3,(H,29,34)/t19?,20?,21?,22-,28?/m1/s1. The normalized spacial score (nSPS) is 31.9. The third-order valence-electron chi connectivity index (χ3n) is 9.24. The van der Waals surface area contributed by atoms with Crippen molar-refractivity contribution in [3.63, 3.8) is 0 Å². The topological polar surface area (TPSA) is 78.7 Å². The number of aromatic nitrogens is 2. The number of amides is 2. The van der Waals surface area contributed by atoms with Crippen LogP contribution in [0, 0.1) is 23.2 Å². The molecular formula is C28H39N5O2. The van der Waals surface area contributed by atoms with Gasteiger partial charge in [0.05, 0.1) is 11.1 Å². The van der Waals surface area contributed by atoms with Crippen LogP contribution < -0.4 is 10.6 Å². The molecule has 35 heavy (non-hydrogen) atoms. The Kier molecular flexibility index (Phi) is 5.86. The van der Waals surface area contributed by atoms with E-state index in [9.17, 15) is 9.59 Å². The van der Waals surface area contributed by atoms with Gasteiger partial charge in [-0.15, -0.1) is 0 Å². The van der Waals surface area contributed by atoms with E-state index in [1.165, 1.54) is 44.9 Å². The number of hydrogen-bond donors (Lipinski definition) is 2. The molecule has 0 aromatic carbocycles. The Hall–Kier alpha value is -2.41. The fraction of sp³-hybridized carbons (Fsp3) is 0.679. The zero-order chi connectivity index (χ0) is 24.2. The van der Waals surface area contributed by atoms with Gasteiger partial charge in [-0.05, 0) is 73.5 Å². The maximum absolute atomic E-state index is 13.3. The summed E-state index contributed by atoms with van der Waals surface area (Å²) in [5.41, 5.74) is 2.00. The minimum Gasteiger partial charge on any atom is -0.351 e. The SMILES string of the molecule is CC(C)N[C@@H]1CCN(C(=O)c2cc3c(C(=O)NCC45CC6CCCC(C4)C(C6)C5)cccn3n2)C1. The third-order valence-corrected chi connectivity index (χ3v) is 9.24. The van der Waals surface area contributed by atoms with Gasteiger partial charge in [-0.3, -0.25) is 9.59 Å². The third kappa shape index (κ3) is 4.37. The predicted molar refractivity (Wildman–Crippen MR) is 135 cm³/mol. The number of hydrogen-bond acceptors (Lipinski definition) is 4. The minimum absolute atomic E-state index is 0.0505. The molecule has 6 rings (SSSR count). The Morgan fingerprint density at radius 3 is 2.89 bits per heavy atom. The van der Waals surface area contributed by atoms with Gasteiger partial charge in [0.2, 0.25) is 0 Å². The quantitative estimate of drug-likeness (QED) is 0.662. The summed E-state index contributed by atoms with van der Waals surface area (Å²) >= 11 is 0. The van der Waals surface area contributed by atoms with Crippen molar-refractivity contribution >= 4 is 17.3 Å².